The zero-order valence-electron chi connectivity index (χ0n) is 12.6. The molecule has 0 fully saturated rings. The summed E-state index contributed by atoms with van der Waals surface area (Å²) in [5.41, 5.74) is 0.287. The molecule has 4 heteroatoms. The second-order valence-electron chi connectivity index (χ2n) is 5.99. The standard InChI is InChI=1S/C17H21NO3/c1-17(2,3)21-16(20)18-15(11-19)14-9-8-12-6-4-5-7-13(12)10-14/h4-10,15,19H,11H2,1-3H3,(H,18,20)/t15-/m1/s1. The van der Waals surface area contributed by atoms with Gasteiger partial charge in [-0.1, -0.05) is 36.4 Å². The van der Waals surface area contributed by atoms with Crippen LogP contribution in [0.5, 0.6) is 0 Å². The van der Waals surface area contributed by atoms with Crippen LogP contribution in [0.15, 0.2) is 42.5 Å². The molecule has 0 aliphatic rings. The molecule has 4 nitrogen and oxygen atoms in total. The van der Waals surface area contributed by atoms with Crippen LogP contribution in [-0.2, 0) is 4.74 Å². The Hall–Kier alpha value is -2.07. The smallest absolute Gasteiger partial charge is 0.408 e. The number of hydrogen-bond acceptors (Lipinski definition) is 3. The number of ether oxygens (including phenoxy) is 1. The van der Waals surface area contributed by atoms with Crippen LogP contribution in [0, 0.1) is 0 Å². The summed E-state index contributed by atoms with van der Waals surface area (Å²) in [4.78, 5) is 11.8. The van der Waals surface area contributed by atoms with E-state index in [0.29, 0.717) is 0 Å². The van der Waals surface area contributed by atoms with Crippen molar-refractivity contribution in [1.82, 2.24) is 5.32 Å². The molecule has 0 spiro atoms. The van der Waals surface area contributed by atoms with Gasteiger partial charge in [-0.15, -0.1) is 0 Å². The number of benzene rings is 2. The van der Waals surface area contributed by atoms with Crippen LogP contribution in [0.3, 0.4) is 0 Å². The lowest BCUT2D eigenvalue weighted by Gasteiger charge is -2.23. The second kappa shape index (κ2) is 6.14. The summed E-state index contributed by atoms with van der Waals surface area (Å²) >= 11 is 0. The lowest BCUT2D eigenvalue weighted by molar-refractivity contribution is 0.0482. The second-order valence-corrected chi connectivity index (χ2v) is 5.99. The Bertz CT molecular complexity index is 631. The van der Waals surface area contributed by atoms with Crippen molar-refractivity contribution in [2.45, 2.75) is 32.4 Å². The van der Waals surface area contributed by atoms with Gasteiger partial charge in [0.1, 0.15) is 5.60 Å². The first-order valence-corrected chi connectivity index (χ1v) is 6.98. The van der Waals surface area contributed by atoms with E-state index in [1.165, 1.54) is 0 Å². The SMILES string of the molecule is CC(C)(C)OC(=O)N[C@H](CO)c1ccc2ccccc2c1. The van der Waals surface area contributed by atoms with Crippen LogP contribution in [0.25, 0.3) is 10.8 Å². The van der Waals surface area contributed by atoms with Crippen LogP contribution >= 0.6 is 0 Å². The molecule has 2 rings (SSSR count). The van der Waals surface area contributed by atoms with Crippen molar-refractivity contribution in [3.05, 3.63) is 48.0 Å². The van der Waals surface area contributed by atoms with Gasteiger partial charge in [0.25, 0.3) is 0 Å². The average molecular weight is 287 g/mol. The highest BCUT2D eigenvalue weighted by Crippen LogP contribution is 2.20. The van der Waals surface area contributed by atoms with Gasteiger partial charge in [0.2, 0.25) is 0 Å². The third-order valence-corrected chi connectivity index (χ3v) is 3.05. The molecule has 112 valence electrons. The van der Waals surface area contributed by atoms with Crippen molar-refractivity contribution < 1.29 is 14.6 Å². The molecule has 2 N–H and O–H groups in total. The molecule has 1 atom stereocenters. The van der Waals surface area contributed by atoms with E-state index in [0.717, 1.165) is 16.3 Å². The monoisotopic (exact) mass is 287 g/mol. The number of hydrogen-bond donors (Lipinski definition) is 2. The topological polar surface area (TPSA) is 58.6 Å². The molecule has 2 aromatic rings. The summed E-state index contributed by atoms with van der Waals surface area (Å²) in [5.74, 6) is 0. The normalized spacial score (nSPS) is 13.0. The van der Waals surface area contributed by atoms with Crippen LogP contribution in [-0.4, -0.2) is 23.4 Å². The van der Waals surface area contributed by atoms with Gasteiger partial charge < -0.3 is 15.2 Å². The maximum absolute atomic E-state index is 11.8. The molecule has 0 aliphatic heterocycles. The molecule has 0 saturated carbocycles. The summed E-state index contributed by atoms with van der Waals surface area (Å²) < 4.78 is 5.22. The molecule has 0 saturated heterocycles. The van der Waals surface area contributed by atoms with Crippen molar-refractivity contribution in [2.75, 3.05) is 6.61 Å². The summed E-state index contributed by atoms with van der Waals surface area (Å²) in [6, 6.07) is 13.3. The van der Waals surface area contributed by atoms with Crippen LogP contribution in [0.4, 0.5) is 4.79 Å². The Balaban J connectivity index is 2.17. The highest BCUT2D eigenvalue weighted by atomic mass is 16.6. The van der Waals surface area contributed by atoms with E-state index in [1.54, 1.807) is 20.8 Å². The number of alkyl carbamates (subject to hydrolysis) is 1. The van der Waals surface area contributed by atoms with E-state index in [2.05, 4.69) is 5.32 Å². The fourth-order valence-corrected chi connectivity index (χ4v) is 2.11. The molecule has 1 amide bonds. The van der Waals surface area contributed by atoms with Crippen molar-refractivity contribution >= 4 is 16.9 Å². The summed E-state index contributed by atoms with van der Waals surface area (Å²) in [6.45, 7) is 5.22. The van der Waals surface area contributed by atoms with Crippen molar-refractivity contribution in [2.24, 2.45) is 0 Å². The van der Waals surface area contributed by atoms with Gasteiger partial charge in [-0.05, 0) is 43.2 Å². The third kappa shape index (κ3) is 4.20. The molecule has 0 heterocycles. The molecule has 21 heavy (non-hydrogen) atoms. The summed E-state index contributed by atoms with van der Waals surface area (Å²) in [5, 5.41) is 14.4. The van der Waals surface area contributed by atoms with Gasteiger partial charge >= 0.3 is 6.09 Å². The van der Waals surface area contributed by atoms with E-state index in [4.69, 9.17) is 4.74 Å². The van der Waals surface area contributed by atoms with E-state index >= 15 is 0 Å². The fraction of sp³-hybridized carbons (Fsp3) is 0.353. The van der Waals surface area contributed by atoms with Gasteiger partial charge in [0, 0.05) is 0 Å². The number of carbonyl (C=O) groups excluding carboxylic acids is 1. The highest BCUT2D eigenvalue weighted by Gasteiger charge is 2.20. The maximum Gasteiger partial charge on any atom is 0.408 e. The zero-order chi connectivity index (χ0) is 15.5. The van der Waals surface area contributed by atoms with Gasteiger partial charge in [-0.3, -0.25) is 0 Å². The largest absolute Gasteiger partial charge is 0.444 e. The van der Waals surface area contributed by atoms with Gasteiger partial charge in [0.15, 0.2) is 0 Å². The van der Waals surface area contributed by atoms with E-state index in [9.17, 15) is 9.90 Å². The third-order valence-electron chi connectivity index (χ3n) is 3.05. The molecule has 0 aliphatic carbocycles. The minimum atomic E-state index is -0.562. The first-order chi connectivity index (χ1) is 9.89. The average Bonchev–Trinajstić information content (AvgIpc) is 2.42. The molecule has 0 unspecified atom stereocenters. The lowest BCUT2D eigenvalue weighted by Crippen LogP contribution is -2.36. The van der Waals surface area contributed by atoms with E-state index in [1.807, 2.05) is 42.5 Å². The van der Waals surface area contributed by atoms with Crippen molar-refractivity contribution in [3.63, 3.8) is 0 Å². The number of carbonyl (C=O) groups is 1. The number of nitrogens with one attached hydrogen (secondary N) is 1. The number of fused-ring (bicyclic) bond motifs is 1. The van der Waals surface area contributed by atoms with Crippen LogP contribution in [0.2, 0.25) is 0 Å². The molecule has 0 aromatic heterocycles. The number of aliphatic hydroxyl groups is 1. The van der Waals surface area contributed by atoms with Crippen molar-refractivity contribution in [3.8, 4) is 0 Å². The van der Waals surface area contributed by atoms with Gasteiger partial charge in [-0.2, -0.15) is 0 Å². The molecule has 0 radical (unpaired) electrons. The number of rotatable bonds is 3. The Labute approximate surface area is 124 Å². The van der Waals surface area contributed by atoms with E-state index in [-0.39, 0.29) is 6.61 Å². The Morgan fingerprint density at radius 2 is 1.86 bits per heavy atom. The molecular weight excluding hydrogens is 266 g/mol. The lowest BCUT2D eigenvalue weighted by atomic mass is 10.0. The number of amides is 1. The molecular formula is C17H21NO3. The molecule has 0 bridgehead atoms. The Kier molecular flexibility index (Phi) is 4.48. The van der Waals surface area contributed by atoms with E-state index < -0.39 is 17.7 Å². The predicted octanol–water partition coefficient (Wildman–Crippen LogP) is 3.40. The first kappa shape index (κ1) is 15.3. The van der Waals surface area contributed by atoms with Crippen LogP contribution in [0.1, 0.15) is 32.4 Å². The quantitative estimate of drug-likeness (QED) is 0.909. The highest BCUT2D eigenvalue weighted by molar-refractivity contribution is 5.83. The predicted molar refractivity (Wildman–Crippen MR) is 83.1 cm³/mol. The van der Waals surface area contributed by atoms with Crippen molar-refractivity contribution in [1.29, 1.82) is 0 Å². The first-order valence-electron chi connectivity index (χ1n) is 6.98. The molecule has 2 aromatic carbocycles. The Morgan fingerprint density at radius 3 is 2.48 bits per heavy atom. The minimum absolute atomic E-state index is 0.183. The fourth-order valence-electron chi connectivity index (χ4n) is 2.11. The van der Waals surface area contributed by atoms with Gasteiger partial charge in [0.05, 0.1) is 12.6 Å². The maximum atomic E-state index is 11.8. The zero-order valence-corrected chi connectivity index (χ0v) is 12.6. The summed E-state index contributed by atoms with van der Waals surface area (Å²) in [7, 11) is 0. The Morgan fingerprint density at radius 1 is 1.19 bits per heavy atom. The van der Waals surface area contributed by atoms with Crippen LogP contribution < -0.4 is 5.32 Å². The number of aliphatic hydroxyl groups excluding tert-OH is 1. The minimum Gasteiger partial charge on any atom is -0.444 e. The summed E-state index contributed by atoms with van der Waals surface area (Å²) in [6.07, 6.45) is -0.533. The van der Waals surface area contributed by atoms with Gasteiger partial charge in [-0.25, -0.2) is 4.79 Å².